The first-order valence-corrected chi connectivity index (χ1v) is 7.03. The summed E-state index contributed by atoms with van der Waals surface area (Å²) in [4.78, 5) is 0. The van der Waals surface area contributed by atoms with E-state index in [2.05, 4.69) is 23.9 Å². The predicted octanol–water partition coefficient (Wildman–Crippen LogP) is 4.08. The normalized spacial score (nSPS) is 26.1. The summed E-state index contributed by atoms with van der Waals surface area (Å²) in [7, 11) is 0. The number of nitrogens with one attached hydrogen (secondary N) is 1. The van der Waals surface area contributed by atoms with Gasteiger partial charge < -0.3 is 10.1 Å². The van der Waals surface area contributed by atoms with Crippen molar-refractivity contribution in [2.45, 2.75) is 45.0 Å². The van der Waals surface area contributed by atoms with Crippen LogP contribution in [-0.4, -0.2) is 18.9 Å². The number of hydrogen-bond donors (Lipinski definition) is 1. The zero-order valence-corrected chi connectivity index (χ0v) is 11.7. The Morgan fingerprint density at radius 2 is 2.05 bits per heavy atom. The molecule has 2 nitrogen and oxygen atoms in total. The molecule has 2 rings (SSSR count). The first-order chi connectivity index (χ1) is 9.44. The van der Waals surface area contributed by atoms with Gasteiger partial charge in [0.05, 0.1) is 0 Å². The van der Waals surface area contributed by atoms with Crippen molar-refractivity contribution < 1.29 is 17.9 Å². The van der Waals surface area contributed by atoms with Gasteiger partial charge in [-0.25, -0.2) is 0 Å². The zero-order chi connectivity index (χ0) is 14.8. The predicted molar refractivity (Wildman–Crippen MR) is 71.7 cm³/mol. The summed E-state index contributed by atoms with van der Waals surface area (Å²) in [6.45, 7) is 5.11. The van der Waals surface area contributed by atoms with Crippen molar-refractivity contribution in [2.24, 2.45) is 5.92 Å². The van der Waals surface area contributed by atoms with Gasteiger partial charge in [0, 0.05) is 6.04 Å². The molecule has 0 saturated heterocycles. The van der Waals surface area contributed by atoms with Crippen LogP contribution < -0.4 is 10.1 Å². The maximum absolute atomic E-state index is 12.2. The van der Waals surface area contributed by atoms with Crippen LogP contribution in [0, 0.1) is 5.92 Å². The van der Waals surface area contributed by atoms with Crippen LogP contribution in [0.3, 0.4) is 0 Å². The van der Waals surface area contributed by atoms with Crippen molar-refractivity contribution >= 4 is 0 Å². The Morgan fingerprint density at radius 3 is 2.65 bits per heavy atom. The average molecular weight is 287 g/mol. The van der Waals surface area contributed by atoms with Crippen molar-refractivity contribution in [1.29, 1.82) is 0 Å². The molecule has 1 aliphatic carbocycles. The Kier molecular flexibility index (Phi) is 4.58. The molecule has 3 unspecified atom stereocenters. The second kappa shape index (κ2) is 6.04. The van der Waals surface area contributed by atoms with E-state index in [-0.39, 0.29) is 5.75 Å². The van der Waals surface area contributed by atoms with Crippen molar-refractivity contribution in [3.63, 3.8) is 0 Å². The van der Waals surface area contributed by atoms with Crippen LogP contribution >= 0.6 is 0 Å². The molecule has 0 radical (unpaired) electrons. The smallest absolute Gasteiger partial charge is 0.406 e. The third-order valence-corrected chi connectivity index (χ3v) is 4.00. The molecule has 0 heterocycles. The van der Waals surface area contributed by atoms with Gasteiger partial charge in [0.1, 0.15) is 5.75 Å². The van der Waals surface area contributed by atoms with E-state index < -0.39 is 6.36 Å². The van der Waals surface area contributed by atoms with Crippen LogP contribution in [0.5, 0.6) is 5.75 Å². The monoisotopic (exact) mass is 287 g/mol. The highest BCUT2D eigenvalue weighted by atomic mass is 19.4. The Morgan fingerprint density at radius 1 is 1.30 bits per heavy atom. The second-order valence-electron chi connectivity index (χ2n) is 5.20. The molecule has 0 spiro atoms. The summed E-state index contributed by atoms with van der Waals surface area (Å²) in [5, 5.41) is 3.42. The van der Waals surface area contributed by atoms with Gasteiger partial charge in [-0.05, 0) is 42.5 Å². The summed E-state index contributed by atoms with van der Waals surface area (Å²) in [5.41, 5.74) is 0.938. The summed E-state index contributed by atoms with van der Waals surface area (Å²) < 4.78 is 40.7. The summed E-state index contributed by atoms with van der Waals surface area (Å²) in [5.74, 6) is 0.675. The Labute approximate surface area is 117 Å². The van der Waals surface area contributed by atoms with Crippen LogP contribution in [-0.2, 0) is 0 Å². The minimum absolute atomic E-state index is 0.128. The van der Waals surface area contributed by atoms with Crippen LogP contribution in [0.15, 0.2) is 24.3 Å². The van der Waals surface area contributed by atoms with Crippen LogP contribution in [0.2, 0.25) is 0 Å². The van der Waals surface area contributed by atoms with E-state index in [9.17, 15) is 13.2 Å². The number of hydrogen-bond acceptors (Lipinski definition) is 2. The van der Waals surface area contributed by atoms with E-state index in [0.717, 1.165) is 24.9 Å². The van der Waals surface area contributed by atoms with E-state index in [1.807, 2.05) is 6.07 Å². The Bertz CT molecular complexity index is 447. The summed E-state index contributed by atoms with van der Waals surface area (Å²) in [6.07, 6.45) is -2.64. The summed E-state index contributed by atoms with van der Waals surface area (Å²) >= 11 is 0. The fourth-order valence-corrected chi connectivity index (χ4v) is 3.10. The molecule has 0 bridgehead atoms. The lowest BCUT2D eigenvalue weighted by atomic mass is 9.65. The maximum atomic E-state index is 12.2. The van der Waals surface area contributed by atoms with Gasteiger partial charge in [-0.3, -0.25) is 0 Å². The molecule has 1 aromatic rings. The second-order valence-corrected chi connectivity index (χ2v) is 5.20. The molecule has 3 atom stereocenters. The molecular formula is C15H20F3NO. The highest BCUT2D eigenvalue weighted by molar-refractivity contribution is 5.33. The van der Waals surface area contributed by atoms with E-state index in [4.69, 9.17) is 0 Å². The number of halogens is 3. The molecule has 112 valence electrons. The molecule has 20 heavy (non-hydrogen) atoms. The quantitative estimate of drug-likeness (QED) is 0.881. The Hall–Kier alpha value is -1.23. The van der Waals surface area contributed by atoms with E-state index in [0.29, 0.717) is 17.9 Å². The average Bonchev–Trinajstić information content (AvgIpc) is 2.32. The molecule has 1 aromatic carbocycles. The van der Waals surface area contributed by atoms with Crippen LogP contribution in [0.4, 0.5) is 13.2 Å². The fourth-order valence-electron chi connectivity index (χ4n) is 3.10. The molecule has 0 aliphatic heterocycles. The van der Waals surface area contributed by atoms with Gasteiger partial charge in [-0.2, -0.15) is 0 Å². The fraction of sp³-hybridized carbons (Fsp3) is 0.600. The van der Waals surface area contributed by atoms with Crippen molar-refractivity contribution in [1.82, 2.24) is 5.32 Å². The van der Waals surface area contributed by atoms with Crippen LogP contribution in [0.25, 0.3) is 0 Å². The van der Waals surface area contributed by atoms with Gasteiger partial charge in [0.15, 0.2) is 0 Å². The third kappa shape index (κ3) is 3.45. The van der Waals surface area contributed by atoms with Crippen LogP contribution in [0.1, 0.15) is 38.2 Å². The largest absolute Gasteiger partial charge is 0.573 e. The van der Waals surface area contributed by atoms with Crippen molar-refractivity contribution in [3.8, 4) is 5.75 Å². The molecular weight excluding hydrogens is 267 g/mol. The lowest BCUT2D eigenvalue weighted by molar-refractivity contribution is -0.274. The van der Waals surface area contributed by atoms with Gasteiger partial charge in [0.2, 0.25) is 0 Å². The van der Waals surface area contributed by atoms with E-state index in [1.165, 1.54) is 12.1 Å². The SMILES string of the molecule is CCNC1CC(c2cccc(OC(F)(F)F)c2)C1CC. The highest BCUT2D eigenvalue weighted by Gasteiger charge is 2.40. The van der Waals surface area contributed by atoms with E-state index >= 15 is 0 Å². The Balaban J connectivity index is 2.08. The third-order valence-electron chi connectivity index (χ3n) is 4.00. The zero-order valence-electron chi connectivity index (χ0n) is 11.7. The van der Waals surface area contributed by atoms with Crippen molar-refractivity contribution in [3.05, 3.63) is 29.8 Å². The lowest BCUT2D eigenvalue weighted by Crippen LogP contribution is -2.48. The molecule has 1 saturated carbocycles. The van der Waals surface area contributed by atoms with Gasteiger partial charge >= 0.3 is 6.36 Å². The standard InChI is InChI=1S/C15H20F3NO/c1-3-12-13(9-14(12)19-4-2)10-6-5-7-11(8-10)20-15(16,17)18/h5-8,12-14,19H,3-4,9H2,1-2H3. The van der Waals surface area contributed by atoms with E-state index in [1.54, 1.807) is 6.07 Å². The minimum atomic E-state index is -4.63. The number of benzene rings is 1. The first-order valence-electron chi connectivity index (χ1n) is 7.03. The van der Waals surface area contributed by atoms with Crippen molar-refractivity contribution in [2.75, 3.05) is 6.54 Å². The lowest BCUT2D eigenvalue weighted by Gasteiger charge is -2.45. The first kappa shape index (κ1) is 15.2. The molecule has 0 aromatic heterocycles. The highest BCUT2D eigenvalue weighted by Crippen LogP contribution is 2.45. The minimum Gasteiger partial charge on any atom is -0.406 e. The van der Waals surface area contributed by atoms with Gasteiger partial charge in [-0.15, -0.1) is 13.2 Å². The molecule has 1 fully saturated rings. The molecule has 1 N–H and O–H groups in total. The number of ether oxygens (including phenoxy) is 1. The van der Waals surface area contributed by atoms with Gasteiger partial charge in [0.25, 0.3) is 0 Å². The summed E-state index contributed by atoms with van der Waals surface area (Å²) in [6, 6.07) is 6.85. The van der Waals surface area contributed by atoms with Gasteiger partial charge in [-0.1, -0.05) is 32.4 Å². The number of alkyl halides is 3. The topological polar surface area (TPSA) is 21.3 Å². The number of rotatable bonds is 5. The molecule has 5 heteroatoms. The maximum Gasteiger partial charge on any atom is 0.573 e. The molecule has 1 aliphatic rings. The molecule has 0 amide bonds.